The van der Waals surface area contributed by atoms with E-state index in [1.807, 2.05) is 6.92 Å². The molecule has 2 unspecified atom stereocenters. The predicted molar refractivity (Wildman–Crippen MR) is 105 cm³/mol. The van der Waals surface area contributed by atoms with Crippen LogP contribution in [0.25, 0.3) is 0 Å². The van der Waals surface area contributed by atoms with Gasteiger partial charge in [0.25, 0.3) is 5.91 Å². The molecule has 2 N–H and O–H groups in total. The minimum absolute atomic E-state index is 0.0449. The second-order valence-corrected chi connectivity index (χ2v) is 9.20. The van der Waals surface area contributed by atoms with Gasteiger partial charge >= 0.3 is 6.03 Å². The molecule has 1 aliphatic heterocycles. The molecule has 2 fully saturated rings. The van der Waals surface area contributed by atoms with Gasteiger partial charge in [0.2, 0.25) is 5.91 Å². The quantitative estimate of drug-likeness (QED) is 0.770. The summed E-state index contributed by atoms with van der Waals surface area (Å²) in [6.45, 7) is 7.86. The Balaban J connectivity index is 1.74. The van der Waals surface area contributed by atoms with Crippen molar-refractivity contribution >= 4 is 35.1 Å². The molecule has 1 aromatic carbocycles. The Morgan fingerprint density at radius 3 is 2.70 bits per heavy atom. The van der Waals surface area contributed by atoms with E-state index in [2.05, 4.69) is 31.4 Å². The minimum Gasteiger partial charge on any atom is -0.324 e. The van der Waals surface area contributed by atoms with E-state index in [-0.39, 0.29) is 17.9 Å². The Morgan fingerprint density at radius 1 is 1.33 bits per heavy atom. The average molecular weight is 392 g/mol. The summed E-state index contributed by atoms with van der Waals surface area (Å²) in [6.07, 6.45) is 2.19. The van der Waals surface area contributed by atoms with Gasteiger partial charge in [-0.1, -0.05) is 38.4 Å². The Hall–Kier alpha value is -2.08. The normalized spacial score (nSPS) is 27.0. The van der Waals surface area contributed by atoms with Crippen molar-refractivity contribution in [2.24, 2.45) is 11.3 Å². The summed E-state index contributed by atoms with van der Waals surface area (Å²) in [5.74, 6) is -0.407. The molecule has 2 atom stereocenters. The number of carbonyl (C=O) groups is 3. The fourth-order valence-corrected chi connectivity index (χ4v) is 4.88. The Morgan fingerprint density at radius 2 is 2.04 bits per heavy atom. The van der Waals surface area contributed by atoms with Crippen LogP contribution in [0.1, 0.15) is 45.6 Å². The number of nitrogens with zero attached hydrogens (tertiary/aromatic N) is 1. The van der Waals surface area contributed by atoms with Gasteiger partial charge in [0.1, 0.15) is 12.1 Å². The zero-order valence-electron chi connectivity index (χ0n) is 16.2. The second-order valence-electron chi connectivity index (χ2n) is 8.77. The maximum Gasteiger partial charge on any atom is 0.325 e. The number of rotatable bonds is 3. The molecule has 146 valence electrons. The number of nitrogens with one attached hydrogen (secondary N) is 2. The summed E-state index contributed by atoms with van der Waals surface area (Å²) in [6, 6.07) is 4.68. The van der Waals surface area contributed by atoms with Crippen LogP contribution < -0.4 is 10.6 Å². The monoisotopic (exact) mass is 391 g/mol. The highest BCUT2D eigenvalue weighted by Gasteiger charge is 2.56. The van der Waals surface area contributed by atoms with Crippen molar-refractivity contribution < 1.29 is 14.4 Å². The number of imide groups is 1. The largest absolute Gasteiger partial charge is 0.325 e. The lowest BCUT2D eigenvalue weighted by molar-refractivity contribution is -0.136. The van der Waals surface area contributed by atoms with Crippen LogP contribution in [0.5, 0.6) is 0 Å². The lowest BCUT2D eigenvalue weighted by Crippen LogP contribution is -2.54. The third-order valence-corrected chi connectivity index (χ3v) is 5.63. The molecule has 6 nitrogen and oxygen atoms in total. The van der Waals surface area contributed by atoms with E-state index >= 15 is 0 Å². The minimum atomic E-state index is -0.898. The number of aryl methyl sites for hydroxylation is 1. The molecular weight excluding hydrogens is 366 g/mol. The highest BCUT2D eigenvalue weighted by molar-refractivity contribution is 6.31. The van der Waals surface area contributed by atoms with Crippen molar-refractivity contribution in [3.8, 4) is 0 Å². The average Bonchev–Trinajstić information content (AvgIpc) is 2.72. The highest BCUT2D eigenvalue weighted by atomic mass is 35.5. The molecule has 1 heterocycles. The molecule has 7 heteroatoms. The topological polar surface area (TPSA) is 78.5 Å². The Labute approximate surface area is 164 Å². The number of anilines is 1. The molecule has 3 rings (SSSR count). The SMILES string of the molecule is Cc1ccc(Cl)cc1NC(=O)CN1C(=O)NC2(CC(C)CC(C)(C)C2)C1=O. The first-order chi connectivity index (χ1) is 12.5. The van der Waals surface area contributed by atoms with Crippen LogP contribution in [0.3, 0.4) is 0 Å². The summed E-state index contributed by atoms with van der Waals surface area (Å²) in [5, 5.41) is 6.12. The molecule has 0 radical (unpaired) electrons. The van der Waals surface area contributed by atoms with Crippen molar-refractivity contribution in [1.29, 1.82) is 0 Å². The van der Waals surface area contributed by atoms with Gasteiger partial charge < -0.3 is 10.6 Å². The number of hydrogen-bond donors (Lipinski definition) is 2. The lowest BCUT2D eigenvalue weighted by atomic mass is 9.64. The molecule has 1 spiro atoms. The van der Waals surface area contributed by atoms with Crippen LogP contribution in [-0.4, -0.2) is 34.8 Å². The predicted octanol–water partition coefficient (Wildman–Crippen LogP) is 3.72. The summed E-state index contributed by atoms with van der Waals surface area (Å²) >= 11 is 5.97. The van der Waals surface area contributed by atoms with Crippen molar-refractivity contribution in [3.63, 3.8) is 0 Å². The standard InChI is InChI=1S/C20H26ClN3O3/c1-12-8-19(3,4)11-20(9-12)17(26)24(18(27)23-20)10-16(25)22-15-7-14(21)6-5-13(15)2/h5-7,12H,8-11H2,1-4H3,(H,22,25)(H,23,27). The van der Waals surface area contributed by atoms with Crippen LogP contribution >= 0.6 is 11.6 Å². The maximum atomic E-state index is 13.1. The molecule has 27 heavy (non-hydrogen) atoms. The molecule has 1 saturated carbocycles. The van der Waals surface area contributed by atoms with E-state index in [0.29, 0.717) is 29.5 Å². The zero-order chi connectivity index (χ0) is 20.0. The van der Waals surface area contributed by atoms with E-state index in [1.54, 1.807) is 18.2 Å². The summed E-state index contributed by atoms with van der Waals surface area (Å²) in [5.41, 5.74) is 0.479. The molecule has 0 aromatic heterocycles. The third-order valence-electron chi connectivity index (χ3n) is 5.40. The van der Waals surface area contributed by atoms with E-state index in [1.165, 1.54) is 0 Å². The van der Waals surface area contributed by atoms with E-state index < -0.39 is 17.5 Å². The molecule has 1 aromatic rings. The first kappa shape index (κ1) is 19.7. The zero-order valence-corrected chi connectivity index (χ0v) is 16.9. The molecule has 2 aliphatic rings. The van der Waals surface area contributed by atoms with Crippen molar-refractivity contribution in [3.05, 3.63) is 28.8 Å². The van der Waals surface area contributed by atoms with Gasteiger partial charge in [0, 0.05) is 10.7 Å². The lowest BCUT2D eigenvalue weighted by Gasteiger charge is -2.43. The molecular formula is C20H26ClN3O3. The molecule has 1 aliphatic carbocycles. The van der Waals surface area contributed by atoms with Crippen LogP contribution in [0, 0.1) is 18.3 Å². The molecule has 1 saturated heterocycles. The fraction of sp³-hybridized carbons (Fsp3) is 0.550. The summed E-state index contributed by atoms with van der Waals surface area (Å²) in [7, 11) is 0. The first-order valence-corrected chi connectivity index (χ1v) is 9.59. The van der Waals surface area contributed by atoms with Crippen molar-refractivity contribution in [2.45, 2.75) is 52.5 Å². The van der Waals surface area contributed by atoms with Crippen molar-refractivity contribution in [1.82, 2.24) is 10.2 Å². The second kappa shape index (κ2) is 6.82. The molecule has 0 bridgehead atoms. The van der Waals surface area contributed by atoms with Gasteiger partial charge in [-0.15, -0.1) is 0 Å². The number of carbonyl (C=O) groups excluding carboxylic acids is 3. The maximum absolute atomic E-state index is 13.1. The van der Waals surface area contributed by atoms with Gasteiger partial charge in [-0.25, -0.2) is 4.79 Å². The van der Waals surface area contributed by atoms with Crippen molar-refractivity contribution in [2.75, 3.05) is 11.9 Å². The number of urea groups is 1. The number of hydrogen-bond acceptors (Lipinski definition) is 3. The molecule has 4 amide bonds. The smallest absolute Gasteiger partial charge is 0.324 e. The van der Waals surface area contributed by atoms with E-state index in [9.17, 15) is 14.4 Å². The summed E-state index contributed by atoms with van der Waals surface area (Å²) < 4.78 is 0. The van der Waals surface area contributed by atoms with Gasteiger partial charge in [0.15, 0.2) is 0 Å². The van der Waals surface area contributed by atoms with Crippen LogP contribution in [0.2, 0.25) is 5.02 Å². The van der Waals surface area contributed by atoms with Crippen LogP contribution in [0.4, 0.5) is 10.5 Å². The summed E-state index contributed by atoms with van der Waals surface area (Å²) in [4.78, 5) is 39.0. The highest BCUT2D eigenvalue weighted by Crippen LogP contribution is 2.46. The third kappa shape index (κ3) is 3.95. The first-order valence-electron chi connectivity index (χ1n) is 9.21. The van der Waals surface area contributed by atoms with Gasteiger partial charge in [-0.3, -0.25) is 14.5 Å². The van der Waals surface area contributed by atoms with Gasteiger partial charge in [-0.05, 0) is 55.2 Å². The van der Waals surface area contributed by atoms with Gasteiger partial charge in [-0.2, -0.15) is 0 Å². The van der Waals surface area contributed by atoms with Crippen LogP contribution in [0.15, 0.2) is 18.2 Å². The van der Waals surface area contributed by atoms with E-state index in [0.717, 1.165) is 16.9 Å². The van der Waals surface area contributed by atoms with E-state index in [4.69, 9.17) is 11.6 Å². The fourth-order valence-electron chi connectivity index (χ4n) is 4.71. The number of benzene rings is 1. The van der Waals surface area contributed by atoms with Crippen LogP contribution in [-0.2, 0) is 9.59 Å². The number of amides is 4. The Kier molecular flexibility index (Phi) is 4.97. The van der Waals surface area contributed by atoms with Gasteiger partial charge in [0.05, 0.1) is 0 Å². The number of halogens is 1. The Bertz CT molecular complexity index is 808.